The van der Waals surface area contributed by atoms with Crippen molar-refractivity contribution in [1.29, 1.82) is 0 Å². The number of anilines is 2. The molecular weight excluding hydrogens is 328 g/mol. The van der Waals surface area contributed by atoms with Gasteiger partial charge >= 0.3 is 0 Å². The van der Waals surface area contributed by atoms with Crippen LogP contribution in [0.5, 0.6) is 5.75 Å². The summed E-state index contributed by atoms with van der Waals surface area (Å²) in [4.78, 5) is 25.6. The van der Waals surface area contributed by atoms with E-state index in [2.05, 4.69) is 5.32 Å². The lowest BCUT2D eigenvalue weighted by atomic mass is 10.0. The number of carbonyl (C=O) groups excluding carboxylic acids is 2. The number of nitrogens with zero attached hydrogens (tertiary/aromatic N) is 1. The molecule has 1 aliphatic heterocycles. The van der Waals surface area contributed by atoms with Gasteiger partial charge in [-0.15, -0.1) is 0 Å². The molecule has 2 aromatic rings. The molecule has 1 heterocycles. The molecule has 2 amide bonds. The number of rotatable bonds is 7. The minimum atomic E-state index is 0.0589. The van der Waals surface area contributed by atoms with Gasteiger partial charge in [-0.1, -0.05) is 18.2 Å². The van der Waals surface area contributed by atoms with Crippen molar-refractivity contribution in [3.63, 3.8) is 0 Å². The lowest BCUT2D eigenvalue weighted by Crippen LogP contribution is -2.30. The van der Waals surface area contributed by atoms with Crippen molar-refractivity contribution in [3.05, 3.63) is 54.1 Å². The molecule has 0 aromatic heterocycles. The molecule has 0 aliphatic carbocycles. The van der Waals surface area contributed by atoms with Crippen LogP contribution in [0.2, 0.25) is 0 Å². The molecule has 26 heavy (non-hydrogen) atoms. The van der Waals surface area contributed by atoms with Crippen molar-refractivity contribution < 1.29 is 14.3 Å². The van der Waals surface area contributed by atoms with Gasteiger partial charge in [0, 0.05) is 30.8 Å². The predicted molar refractivity (Wildman–Crippen MR) is 103 cm³/mol. The van der Waals surface area contributed by atoms with Crippen LogP contribution in [0.4, 0.5) is 11.4 Å². The van der Waals surface area contributed by atoms with E-state index in [4.69, 9.17) is 4.74 Å². The highest BCUT2D eigenvalue weighted by Crippen LogP contribution is 2.27. The molecule has 0 bridgehead atoms. The number of para-hydroxylation sites is 1. The van der Waals surface area contributed by atoms with E-state index in [1.165, 1.54) is 0 Å². The summed E-state index contributed by atoms with van der Waals surface area (Å²) in [6.45, 7) is 3.12. The normalized spacial score (nSPS) is 12.9. The first-order valence-corrected chi connectivity index (χ1v) is 9.08. The summed E-state index contributed by atoms with van der Waals surface area (Å²) in [7, 11) is 0. The second kappa shape index (κ2) is 8.52. The Balaban J connectivity index is 1.48. The predicted octanol–water partition coefficient (Wildman–Crippen LogP) is 3.78. The van der Waals surface area contributed by atoms with Crippen molar-refractivity contribution in [2.45, 2.75) is 32.6 Å². The van der Waals surface area contributed by atoms with Crippen LogP contribution >= 0.6 is 0 Å². The molecule has 136 valence electrons. The van der Waals surface area contributed by atoms with Crippen LogP contribution in [0.25, 0.3) is 0 Å². The van der Waals surface area contributed by atoms with Crippen molar-refractivity contribution >= 4 is 23.2 Å². The van der Waals surface area contributed by atoms with Crippen LogP contribution in [0, 0.1) is 0 Å². The molecule has 0 radical (unpaired) electrons. The van der Waals surface area contributed by atoms with Gasteiger partial charge in [0.1, 0.15) is 5.75 Å². The highest BCUT2D eigenvalue weighted by molar-refractivity contribution is 5.94. The van der Waals surface area contributed by atoms with Gasteiger partial charge in [-0.3, -0.25) is 9.59 Å². The maximum atomic E-state index is 12.4. The lowest BCUT2D eigenvalue weighted by molar-refractivity contribution is -0.119. The Morgan fingerprint density at radius 2 is 1.96 bits per heavy atom. The van der Waals surface area contributed by atoms with Gasteiger partial charge in [-0.2, -0.15) is 0 Å². The number of fused-ring (bicyclic) bond motifs is 1. The summed E-state index contributed by atoms with van der Waals surface area (Å²) in [6.07, 6.45) is 2.36. The monoisotopic (exact) mass is 352 g/mol. The number of hydrogen-bond acceptors (Lipinski definition) is 3. The number of nitrogens with one attached hydrogen (secondary N) is 1. The van der Waals surface area contributed by atoms with Crippen LogP contribution in [0.3, 0.4) is 0 Å². The second-order valence-electron chi connectivity index (χ2n) is 6.29. The molecule has 1 aliphatic rings. The molecule has 0 unspecified atom stereocenters. The smallest absolute Gasteiger partial charge is 0.227 e. The number of carbonyl (C=O) groups is 2. The average Bonchev–Trinajstić information content (AvgIpc) is 2.66. The minimum absolute atomic E-state index is 0.0589. The lowest BCUT2D eigenvalue weighted by Gasteiger charge is -2.21. The Morgan fingerprint density at radius 3 is 2.73 bits per heavy atom. The number of benzene rings is 2. The molecule has 0 atom stereocenters. The van der Waals surface area contributed by atoms with Crippen molar-refractivity contribution in [3.8, 4) is 5.75 Å². The van der Waals surface area contributed by atoms with Gasteiger partial charge in [0.15, 0.2) is 0 Å². The summed E-state index contributed by atoms with van der Waals surface area (Å²) in [5, 5.41) is 2.86. The second-order valence-corrected chi connectivity index (χ2v) is 6.29. The van der Waals surface area contributed by atoms with Gasteiger partial charge in [-0.25, -0.2) is 0 Å². The molecule has 0 fully saturated rings. The molecule has 5 heteroatoms. The summed E-state index contributed by atoms with van der Waals surface area (Å²) in [6, 6.07) is 15.4. The van der Waals surface area contributed by atoms with Crippen molar-refractivity contribution in [2.75, 3.05) is 23.4 Å². The number of ether oxygens (including phenoxy) is 1. The van der Waals surface area contributed by atoms with Crippen LogP contribution in [-0.2, 0) is 16.0 Å². The van der Waals surface area contributed by atoms with Crippen molar-refractivity contribution in [1.82, 2.24) is 0 Å². The molecule has 0 saturated carbocycles. The minimum Gasteiger partial charge on any atom is -0.494 e. The van der Waals surface area contributed by atoms with Gasteiger partial charge in [0.2, 0.25) is 11.8 Å². The van der Waals surface area contributed by atoms with Crippen LogP contribution < -0.4 is 15.0 Å². The Morgan fingerprint density at radius 1 is 1.15 bits per heavy atom. The number of aryl methyl sites for hydroxylation is 1. The van der Waals surface area contributed by atoms with Crippen molar-refractivity contribution in [2.24, 2.45) is 0 Å². The molecule has 5 nitrogen and oxygen atoms in total. The quantitative estimate of drug-likeness (QED) is 0.772. The summed E-state index contributed by atoms with van der Waals surface area (Å²) in [5.74, 6) is 0.946. The zero-order valence-corrected chi connectivity index (χ0v) is 15.0. The molecule has 1 N–H and O–H groups in total. The first-order valence-electron chi connectivity index (χ1n) is 9.08. The Kier molecular flexibility index (Phi) is 5.89. The maximum absolute atomic E-state index is 12.4. The zero-order valence-electron chi connectivity index (χ0n) is 15.0. The highest BCUT2D eigenvalue weighted by Gasteiger charge is 2.15. The first kappa shape index (κ1) is 18.0. The third-order valence-electron chi connectivity index (χ3n) is 4.46. The molecule has 0 spiro atoms. The van der Waals surface area contributed by atoms with Gasteiger partial charge in [0.25, 0.3) is 0 Å². The average molecular weight is 352 g/mol. The summed E-state index contributed by atoms with van der Waals surface area (Å²) < 4.78 is 5.78. The summed E-state index contributed by atoms with van der Waals surface area (Å²) in [5.41, 5.74) is 2.89. The van der Waals surface area contributed by atoms with Gasteiger partial charge in [-0.05, 0) is 55.7 Å². The van der Waals surface area contributed by atoms with E-state index in [-0.39, 0.29) is 11.8 Å². The van der Waals surface area contributed by atoms with E-state index in [1.54, 1.807) is 4.90 Å². The third-order valence-corrected chi connectivity index (χ3v) is 4.46. The van der Waals surface area contributed by atoms with Gasteiger partial charge < -0.3 is 15.0 Å². The zero-order chi connectivity index (χ0) is 18.4. The van der Waals surface area contributed by atoms with E-state index in [9.17, 15) is 9.59 Å². The maximum Gasteiger partial charge on any atom is 0.227 e. The standard InChI is InChI=1S/C21H24N2O3/c1-2-23(17-7-4-3-5-8-17)21(25)9-6-14-26-18-11-12-19-16(15-18)10-13-20(24)22-19/h3-5,7-8,11-12,15H,2,6,9-10,13-14H2,1H3,(H,22,24). The SMILES string of the molecule is CCN(C(=O)CCCOc1ccc2c(c1)CCC(=O)N2)c1ccccc1. The van der Waals surface area contributed by atoms with E-state index < -0.39 is 0 Å². The van der Waals surface area contributed by atoms with E-state index in [1.807, 2.05) is 55.5 Å². The highest BCUT2D eigenvalue weighted by atomic mass is 16.5. The fourth-order valence-corrected chi connectivity index (χ4v) is 3.11. The summed E-state index contributed by atoms with van der Waals surface area (Å²) >= 11 is 0. The van der Waals surface area contributed by atoms with E-state index >= 15 is 0 Å². The first-order chi connectivity index (χ1) is 12.7. The van der Waals surface area contributed by atoms with E-state index in [0.29, 0.717) is 32.4 Å². The fourth-order valence-electron chi connectivity index (χ4n) is 3.11. The third kappa shape index (κ3) is 4.42. The Bertz CT molecular complexity index is 774. The van der Waals surface area contributed by atoms with Crippen LogP contribution in [-0.4, -0.2) is 25.0 Å². The van der Waals surface area contributed by atoms with Crippen LogP contribution in [0.15, 0.2) is 48.5 Å². The Labute approximate surface area is 154 Å². The van der Waals surface area contributed by atoms with Crippen LogP contribution in [0.1, 0.15) is 31.7 Å². The topological polar surface area (TPSA) is 58.6 Å². The molecule has 0 saturated heterocycles. The fraction of sp³-hybridized carbons (Fsp3) is 0.333. The molecular formula is C21H24N2O3. The molecule has 2 aromatic carbocycles. The number of amides is 2. The van der Waals surface area contributed by atoms with Gasteiger partial charge in [0.05, 0.1) is 6.61 Å². The largest absolute Gasteiger partial charge is 0.494 e. The number of hydrogen-bond donors (Lipinski definition) is 1. The van der Waals surface area contributed by atoms with E-state index in [0.717, 1.165) is 29.1 Å². The molecule has 3 rings (SSSR count). The Hall–Kier alpha value is -2.82.